The van der Waals surface area contributed by atoms with Gasteiger partial charge >= 0.3 is 0 Å². The first-order valence-electron chi connectivity index (χ1n) is 13.5. The van der Waals surface area contributed by atoms with Gasteiger partial charge in [-0.05, 0) is 44.4 Å². The van der Waals surface area contributed by atoms with Gasteiger partial charge in [0.25, 0.3) is 5.56 Å². The van der Waals surface area contributed by atoms with Crippen LogP contribution in [0.25, 0.3) is 20.8 Å². The van der Waals surface area contributed by atoms with Crippen molar-refractivity contribution in [3.05, 3.63) is 28.6 Å². The first-order valence-corrected chi connectivity index (χ1v) is 14.3. The predicted molar refractivity (Wildman–Crippen MR) is 150 cm³/mol. The van der Waals surface area contributed by atoms with Crippen LogP contribution in [0.3, 0.4) is 0 Å². The van der Waals surface area contributed by atoms with Crippen molar-refractivity contribution in [3.8, 4) is 10.6 Å². The van der Waals surface area contributed by atoms with Crippen LogP contribution in [0.1, 0.15) is 38.5 Å². The second kappa shape index (κ2) is 10.9. The van der Waals surface area contributed by atoms with Crippen LogP contribution in [0.15, 0.2) is 23.0 Å². The summed E-state index contributed by atoms with van der Waals surface area (Å²) in [5, 5.41) is 11.4. The third-order valence-electron chi connectivity index (χ3n) is 7.65. The molecule has 0 spiro atoms. The number of aromatic nitrogens is 3. The maximum Gasteiger partial charge on any atom is 0.264 e. The standard InChI is InChI=1S/C26H36N8O2S/c27-17-6-1-2-7-18(17)30-19-8-3-9-20-22(19)31-25(37-20)21-23(29-16-5-4-10-28-15-16)32-26(33-24(21)35)34-11-13-36-14-12-34/h3,8-9,16-18,28,30H,1-2,4-7,10-15,27H2,(H2,29,32,33,35)/t16-,17+,18+/m1/s1. The summed E-state index contributed by atoms with van der Waals surface area (Å²) in [5.74, 6) is 1.18. The third-order valence-corrected chi connectivity index (χ3v) is 8.69. The Balaban J connectivity index is 1.38. The first-order chi connectivity index (χ1) is 18.2. The molecular weight excluding hydrogens is 488 g/mol. The fraction of sp³-hybridized carbons (Fsp3) is 0.577. The van der Waals surface area contributed by atoms with Gasteiger partial charge in [0, 0.05) is 37.8 Å². The molecule has 3 aromatic rings. The molecule has 4 heterocycles. The zero-order chi connectivity index (χ0) is 25.2. The van der Waals surface area contributed by atoms with Gasteiger partial charge in [-0.25, -0.2) is 4.98 Å². The Morgan fingerprint density at radius 2 is 1.95 bits per heavy atom. The van der Waals surface area contributed by atoms with E-state index < -0.39 is 0 Å². The van der Waals surface area contributed by atoms with Crippen molar-refractivity contribution in [1.82, 2.24) is 20.3 Å². The van der Waals surface area contributed by atoms with Crippen molar-refractivity contribution in [1.29, 1.82) is 0 Å². The van der Waals surface area contributed by atoms with Gasteiger partial charge in [-0.15, -0.1) is 11.3 Å². The quantitative estimate of drug-likeness (QED) is 0.330. The van der Waals surface area contributed by atoms with Crippen molar-refractivity contribution < 1.29 is 4.74 Å². The SMILES string of the molecule is N[C@H]1CCCC[C@@H]1Nc1cccc2sc(-c3c(N[C@@H]4CCCNC4)nc(N4CCOCC4)[nH]c3=O)nc12. The number of H-pyrrole nitrogens is 1. The maximum absolute atomic E-state index is 13.6. The smallest absolute Gasteiger partial charge is 0.264 e. The molecule has 2 aromatic heterocycles. The number of nitrogens with zero attached hydrogens (tertiary/aromatic N) is 3. The van der Waals surface area contributed by atoms with Crippen molar-refractivity contribution in [3.63, 3.8) is 0 Å². The van der Waals surface area contributed by atoms with E-state index >= 15 is 0 Å². The van der Waals surface area contributed by atoms with Crippen molar-refractivity contribution in [2.45, 2.75) is 56.7 Å². The Morgan fingerprint density at radius 1 is 1.08 bits per heavy atom. The van der Waals surface area contributed by atoms with Crippen LogP contribution >= 0.6 is 11.3 Å². The predicted octanol–water partition coefficient (Wildman–Crippen LogP) is 2.73. The second-order valence-electron chi connectivity index (χ2n) is 10.3. The minimum absolute atomic E-state index is 0.141. The zero-order valence-corrected chi connectivity index (χ0v) is 21.9. The van der Waals surface area contributed by atoms with Crippen molar-refractivity contribution in [2.24, 2.45) is 5.73 Å². The summed E-state index contributed by atoms with van der Waals surface area (Å²) in [6.07, 6.45) is 6.59. The second-order valence-corrected chi connectivity index (χ2v) is 11.3. The highest BCUT2D eigenvalue weighted by molar-refractivity contribution is 7.21. The summed E-state index contributed by atoms with van der Waals surface area (Å²) in [6.45, 7) is 4.51. The molecule has 2 aliphatic heterocycles. The normalized spacial score (nSPS) is 24.8. The number of nitrogens with two attached hydrogens (primary N) is 1. The minimum Gasteiger partial charge on any atom is -0.379 e. The first kappa shape index (κ1) is 24.6. The minimum atomic E-state index is -0.175. The van der Waals surface area contributed by atoms with Gasteiger partial charge in [0.2, 0.25) is 5.95 Å². The lowest BCUT2D eigenvalue weighted by Gasteiger charge is -2.30. The number of piperidine rings is 1. The number of fused-ring (bicyclic) bond motifs is 1. The van der Waals surface area contributed by atoms with E-state index in [4.69, 9.17) is 20.4 Å². The number of para-hydroxylation sites is 1. The molecule has 11 heteroatoms. The van der Waals surface area contributed by atoms with E-state index in [0.29, 0.717) is 48.6 Å². The molecule has 0 amide bonds. The molecule has 0 unspecified atom stereocenters. The molecule has 0 radical (unpaired) electrons. The third kappa shape index (κ3) is 5.31. The molecule has 1 aromatic carbocycles. The molecule has 37 heavy (non-hydrogen) atoms. The van der Waals surface area contributed by atoms with Crippen LogP contribution in [-0.2, 0) is 4.74 Å². The van der Waals surface area contributed by atoms with Gasteiger partial charge in [-0.1, -0.05) is 18.9 Å². The maximum atomic E-state index is 13.6. The van der Waals surface area contributed by atoms with Crippen LogP contribution in [0.2, 0.25) is 0 Å². The zero-order valence-electron chi connectivity index (χ0n) is 21.1. The van der Waals surface area contributed by atoms with Gasteiger partial charge in [-0.2, -0.15) is 4.98 Å². The van der Waals surface area contributed by atoms with E-state index in [9.17, 15) is 4.79 Å². The van der Waals surface area contributed by atoms with Gasteiger partial charge in [-0.3, -0.25) is 9.78 Å². The Labute approximate surface area is 220 Å². The molecule has 2 saturated heterocycles. The van der Waals surface area contributed by atoms with E-state index in [0.717, 1.165) is 54.7 Å². The number of hydrogen-bond donors (Lipinski definition) is 5. The number of hydrogen-bond acceptors (Lipinski definition) is 10. The summed E-state index contributed by atoms with van der Waals surface area (Å²) in [6, 6.07) is 6.74. The Bertz CT molecular complexity index is 1280. The topological polar surface area (TPSA) is 133 Å². The molecule has 1 aliphatic carbocycles. The van der Waals surface area contributed by atoms with E-state index in [-0.39, 0.29) is 23.7 Å². The number of ether oxygens (including phenoxy) is 1. The molecule has 3 atom stereocenters. The molecule has 3 fully saturated rings. The van der Waals surface area contributed by atoms with Gasteiger partial charge in [0.1, 0.15) is 21.9 Å². The van der Waals surface area contributed by atoms with Crippen LogP contribution in [-0.4, -0.2) is 72.5 Å². The highest BCUT2D eigenvalue weighted by atomic mass is 32.1. The van der Waals surface area contributed by atoms with Crippen LogP contribution in [0.4, 0.5) is 17.5 Å². The molecular formula is C26H36N8O2S. The number of anilines is 3. The van der Waals surface area contributed by atoms with E-state index in [1.54, 1.807) is 0 Å². The van der Waals surface area contributed by atoms with E-state index in [1.165, 1.54) is 24.2 Å². The summed E-state index contributed by atoms with van der Waals surface area (Å²) >= 11 is 1.53. The van der Waals surface area contributed by atoms with Crippen molar-refractivity contribution >= 4 is 39.0 Å². The monoisotopic (exact) mass is 524 g/mol. The molecule has 6 N–H and O–H groups in total. The Hall–Kier alpha value is -2.73. The number of rotatable bonds is 6. The number of thiazole rings is 1. The Morgan fingerprint density at radius 3 is 2.76 bits per heavy atom. The summed E-state index contributed by atoms with van der Waals surface area (Å²) < 4.78 is 6.53. The molecule has 10 nitrogen and oxygen atoms in total. The average Bonchev–Trinajstić information content (AvgIpc) is 3.35. The molecule has 198 valence electrons. The number of nitrogens with one attached hydrogen (secondary N) is 4. The van der Waals surface area contributed by atoms with E-state index in [1.807, 2.05) is 6.07 Å². The van der Waals surface area contributed by atoms with Crippen LogP contribution < -0.4 is 32.1 Å². The van der Waals surface area contributed by atoms with Gasteiger partial charge in [0.05, 0.1) is 23.6 Å². The summed E-state index contributed by atoms with van der Waals surface area (Å²) in [5.41, 5.74) is 8.59. The van der Waals surface area contributed by atoms with E-state index in [2.05, 4.69) is 38.0 Å². The lowest BCUT2D eigenvalue weighted by Crippen LogP contribution is -2.42. The molecule has 6 rings (SSSR count). The van der Waals surface area contributed by atoms with Gasteiger partial charge < -0.3 is 31.3 Å². The Kier molecular flexibility index (Phi) is 7.27. The highest BCUT2D eigenvalue weighted by Crippen LogP contribution is 2.36. The molecule has 0 bridgehead atoms. The largest absolute Gasteiger partial charge is 0.379 e. The molecule has 3 aliphatic rings. The van der Waals surface area contributed by atoms with Crippen molar-refractivity contribution in [2.75, 3.05) is 54.9 Å². The highest BCUT2D eigenvalue weighted by Gasteiger charge is 2.26. The van der Waals surface area contributed by atoms with Crippen LogP contribution in [0, 0.1) is 0 Å². The lowest BCUT2D eigenvalue weighted by molar-refractivity contribution is 0.122. The van der Waals surface area contributed by atoms with Crippen LogP contribution in [0.5, 0.6) is 0 Å². The fourth-order valence-corrected chi connectivity index (χ4v) is 6.60. The lowest BCUT2D eigenvalue weighted by atomic mass is 9.91. The number of morpholine rings is 1. The number of aromatic amines is 1. The summed E-state index contributed by atoms with van der Waals surface area (Å²) in [7, 11) is 0. The summed E-state index contributed by atoms with van der Waals surface area (Å²) in [4.78, 5) is 28.6. The number of benzene rings is 1. The average molecular weight is 525 g/mol. The molecule has 1 saturated carbocycles. The fourth-order valence-electron chi connectivity index (χ4n) is 5.57. The van der Waals surface area contributed by atoms with Gasteiger partial charge in [0.15, 0.2) is 0 Å².